The fourth-order valence-electron chi connectivity index (χ4n) is 7.22. The Balaban J connectivity index is 1.09. The van der Waals surface area contributed by atoms with Crippen molar-refractivity contribution >= 4 is 34.8 Å². The number of carbonyl (C=O) groups excluding carboxylic acids is 3. The molecule has 0 bridgehead atoms. The zero-order valence-corrected chi connectivity index (χ0v) is 32.7. The molecule has 1 aliphatic rings. The van der Waals surface area contributed by atoms with E-state index >= 15 is 0 Å². The predicted octanol–water partition coefficient (Wildman–Crippen LogP) is 10.3. The Kier molecular flexibility index (Phi) is 19.0. The highest BCUT2D eigenvalue weighted by Crippen LogP contribution is 2.32. The van der Waals surface area contributed by atoms with Gasteiger partial charge in [-0.3, -0.25) is 19.3 Å². The molecule has 8 heteroatoms. The van der Waals surface area contributed by atoms with Crippen LogP contribution in [0.2, 0.25) is 0 Å². The maximum Gasteiger partial charge on any atom is 0.311 e. The lowest BCUT2D eigenvalue weighted by molar-refractivity contribution is -0.134. The molecule has 1 aromatic heterocycles. The monoisotopic (exact) mass is 729 g/mol. The molecule has 0 aliphatic heterocycles. The lowest BCUT2D eigenvalue weighted by Crippen LogP contribution is -2.41. The number of hydrogen-bond acceptors (Lipinski definition) is 6. The van der Waals surface area contributed by atoms with Gasteiger partial charge in [-0.15, -0.1) is 11.3 Å². The molecule has 1 heterocycles. The Morgan fingerprint density at radius 3 is 2.21 bits per heavy atom. The Labute approximate surface area is 317 Å². The third-order valence-electron chi connectivity index (χ3n) is 10.2. The summed E-state index contributed by atoms with van der Waals surface area (Å²) in [5.41, 5.74) is 3.65. The molecular formula is C44H63N3O4S. The molecule has 0 saturated heterocycles. The van der Waals surface area contributed by atoms with E-state index in [4.69, 9.17) is 4.74 Å². The number of rotatable bonds is 25. The normalized spacial score (nSPS) is 13.9. The van der Waals surface area contributed by atoms with Gasteiger partial charge in [-0.05, 0) is 104 Å². The van der Waals surface area contributed by atoms with E-state index in [0.717, 1.165) is 63.6 Å². The van der Waals surface area contributed by atoms with Gasteiger partial charge < -0.3 is 15.4 Å². The molecule has 3 aromatic rings. The molecular weight excluding hydrogens is 667 g/mol. The van der Waals surface area contributed by atoms with E-state index in [0.29, 0.717) is 42.4 Å². The van der Waals surface area contributed by atoms with Gasteiger partial charge in [-0.25, -0.2) is 0 Å². The Morgan fingerprint density at radius 2 is 1.52 bits per heavy atom. The molecule has 284 valence electrons. The number of amides is 2. The van der Waals surface area contributed by atoms with Crippen LogP contribution in [0.5, 0.6) is 5.75 Å². The van der Waals surface area contributed by atoms with E-state index in [1.807, 2.05) is 23.5 Å². The van der Waals surface area contributed by atoms with Crippen LogP contribution in [0.4, 0.5) is 5.69 Å². The van der Waals surface area contributed by atoms with Crippen molar-refractivity contribution in [2.45, 2.75) is 142 Å². The summed E-state index contributed by atoms with van der Waals surface area (Å²) >= 11 is 1.83. The maximum absolute atomic E-state index is 12.8. The predicted molar refractivity (Wildman–Crippen MR) is 215 cm³/mol. The first-order chi connectivity index (χ1) is 25.5. The average molecular weight is 730 g/mol. The van der Waals surface area contributed by atoms with Gasteiger partial charge in [-0.2, -0.15) is 0 Å². The zero-order chi connectivity index (χ0) is 36.8. The summed E-state index contributed by atoms with van der Waals surface area (Å²) in [4.78, 5) is 42.0. The molecule has 0 radical (unpaired) electrons. The van der Waals surface area contributed by atoms with E-state index in [2.05, 4.69) is 53.0 Å². The molecule has 2 N–H and O–H groups in total. The minimum atomic E-state index is -0.276. The second-order valence-corrected chi connectivity index (χ2v) is 15.4. The number of nitrogens with one attached hydrogen (secondary N) is 2. The highest BCUT2D eigenvalue weighted by Gasteiger charge is 2.26. The number of fused-ring (bicyclic) bond motifs is 1. The highest BCUT2D eigenvalue weighted by atomic mass is 32.1. The van der Waals surface area contributed by atoms with Gasteiger partial charge in [0.25, 0.3) is 5.91 Å². The average Bonchev–Trinajstić information content (AvgIpc) is 3.68. The van der Waals surface area contributed by atoms with Crippen molar-refractivity contribution in [2.24, 2.45) is 0 Å². The minimum absolute atomic E-state index is 0.0132. The smallest absolute Gasteiger partial charge is 0.311 e. The van der Waals surface area contributed by atoms with Crippen LogP contribution in [-0.4, -0.2) is 48.4 Å². The van der Waals surface area contributed by atoms with Gasteiger partial charge >= 0.3 is 5.97 Å². The number of nitrogens with zero attached hydrogens (tertiary/aromatic N) is 1. The molecule has 0 spiro atoms. The van der Waals surface area contributed by atoms with Crippen molar-refractivity contribution in [3.8, 4) is 5.75 Å². The van der Waals surface area contributed by atoms with E-state index in [1.165, 1.54) is 68.2 Å². The van der Waals surface area contributed by atoms with Crippen LogP contribution in [0.3, 0.4) is 0 Å². The van der Waals surface area contributed by atoms with Crippen LogP contribution in [0, 0.1) is 0 Å². The molecule has 2 amide bonds. The lowest BCUT2D eigenvalue weighted by Gasteiger charge is -2.35. The van der Waals surface area contributed by atoms with Gasteiger partial charge in [0.15, 0.2) is 0 Å². The molecule has 7 nitrogen and oxygen atoms in total. The van der Waals surface area contributed by atoms with Gasteiger partial charge in [0.05, 0.1) is 0 Å². The van der Waals surface area contributed by atoms with Crippen LogP contribution in [0.25, 0.3) is 0 Å². The number of esters is 1. The van der Waals surface area contributed by atoms with Gasteiger partial charge in [0, 0.05) is 48.1 Å². The Hall–Kier alpha value is -3.49. The van der Waals surface area contributed by atoms with Crippen LogP contribution in [-0.2, 0) is 28.9 Å². The summed E-state index contributed by atoms with van der Waals surface area (Å²) in [6.45, 7) is 7.04. The summed E-state index contributed by atoms with van der Waals surface area (Å²) in [5, 5.41) is 8.00. The number of carbonyl (C=O) groups is 3. The topological polar surface area (TPSA) is 87.7 Å². The summed E-state index contributed by atoms with van der Waals surface area (Å²) in [6.07, 6.45) is 20.2. The quantitative estimate of drug-likeness (QED) is 0.0515. The second kappa shape index (κ2) is 23.9. The zero-order valence-electron chi connectivity index (χ0n) is 31.9. The van der Waals surface area contributed by atoms with Crippen molar-refractivity contribution < 1.29 is 19.1 Å². The molecule has 0 unspecified atom stereocenters. The number of benzene rings is 2. The fourth-order valence-corrected chi connectivity index (χ4v) is 7.92. The van der Waals surface area contributed by atoms with Gasteiger partial charge in [-0.1, -0.05) is 96.3 Å². The minimum Gasteiger partial charge on any atom is -0.426 e. The second-order valence-electron chi connectivity index (χ2n) is 14.4. The third-order valence-corrected chi connectivity index (χ3v) is 11.1. The molecule has 2 aromatic carbocycles. The largest absolute Gasteiger partial charge is 0.426 e. The molecule has 0 saturated carbocycles. The summed E-state index contributed by atoms with van der Waals surface area (Å²) in [7, 11) is 0. The van der Waals surface area contributed by atoms with Crippen LogP contribution >= 0.6 is 11.3 Å². The van der Waals surface area contributed by atoms with E-state index in [9.17, 15) is 14.4 Å². The van der Waals surface area contributed by atoms with E-state index in [1.54, 1.807) is 24.3 Å². The first kappa shape index (κ1) is 41.3. The van der Waals surface area contributed by atoms with Crippen LogP contribution in [0.15, 0.2) is 60.0 Å². The summed E-state index contributed by atoms with van der Waals surface area (Å²) < 4.78 is 5.85. The highest BCUT2D eigenvalue weighted by molar-refractivity contribution is 7.09. The number of ether oxygens (including phenoxy) is 1. The van der Waals surface area contributed by atoms with E-state index < -0.39 is 0 Å². The summed E-state index contributed by atoms with van der Waals surface area (Å²) in [5.74, 6) is 0.212. The lowest BCUT2D eigenvalue weighted by atomic mass is 9.86. The number of unbranched alkanes of at least 4 members (excludes halogenated alkanes) is 10. The summed E-state index contributed by atoms with van der Waals surface area (Å²) in [6, 6.07) is 17.9. The van der Waals surface area contributed by atoms with Gasteiger partial charge in [0.1, 0.15) is 5.75 Å². The molecule has 4 rings (SSSR count). The standard InChI is InChI=1S/C44H63N3O4S/c1-3-5-6-7-8-9-10-11-12-13-14-21-42(48)46-37-25-23-35(24-26-37)44(50)45-30-16-22-43(49)51-41-20-15-18-36-34-38(27-28-40(36)41)47(31-4-2)32-29-39-19-17-33-52-39/h15,17-20,23-26,33,38H,3-14,16,21-22,27-32,34H2,1-2H3,(H,45,50)(H,46,48)/t38-/m0/s1. The number of thiophene rings is 1. The molecule has 1 aliphatic carbocycles. The first-order valence-corrected chi connectivity index (χ1v) is 21.1. The fraction of sp³-hybridized carbons (Fsp3) is 0.568. The van der Waals surface area contributed by atoms with Crippen LogP contribution in [0.1, 0.15) is 143 Å². The van der Waals surface area contributed by atoms with Crippen molar-refractivity contribution in [2.75, 3.05) is 25.0 Å². The Morgan fingerprint density at radius 1 is 0.788 bits per heavy atom. The van der Waals surface area contributed by atoms with Gasteiger partial charge in [0.2, 0.25) is 5.91 Å². The number of hydrogen-bond donors (Lipinski definition) is 2. The first-order valence-electron chi connectivity index (χ1n) is 20.2. The van der Waals surface area contributed by atoms with Crippen molar-refractivity contribution in [3.05, 3.63) is 81.5 Å². The maximum atomic E-state index is 12.8. The SMILES string of the molecule is CCCCCCCCCCCCCC(=O)Nc1ccc(C(=O)NCCCC(=O)Oc2cccc3c2CC[C@H](N(CCC)CCc2cccs2)C3)cc1. The number of anilines is 1. The molecule has 0 fully saturated rings. The third kappa shape index (κ3) is 14.9. The Bertz CT molecular complexity index is 1470. The van der Waals surface area contributed by atoms with Crippen molar-refractivity contribution in [3.63, 3.8) is 0 Å². The van der Waals surface area contributed by atoms with Crippen molar-refractivity contribution in [1.82, 2.24) is 10.2 Å². The van der Waals surface area contributed by atoms with Crippen LogP contribution < -0.4 is 15.4 Å². The molecule has 1 atom stereocenters. The van der Waals surface area contributed by atoms with E-state index in [-0.39, 0.29) is 24.2 Å². The molecule has 52 heavy (non-hydrogen) atoms. The van der Waals surface area contributed by atoms with Crippen molar-refractivity contribution in [1.29, 1.82) is 0 Å².